The number of aromatic hydroxyl groups is 2. The van der Waals surface area contributed by atoms with Gasteiger partial charge in [-0.1, -0.05) is 18.2 Å². The number of carboxylic acid groups (broad SMARTS) is 1. The standard InChI is InChI=1S/C16H16O5/c1-10-14(17)11(9-13(15(10)18)16(19)20)7-8-21-12-5-3-2-4-6-12/h2-6,9,17-18H,7-8H2,1H3,(H,19,20). The van der Waals surface area contributed by atoms with Crippen LogP contribution in [-0.2, 0) is 6.42 Å². The van der Waals surface area contributed by atoms with Gasteiger partial charge in [0.05, 0.1) is 6.61 Å². The van der Waals surface area contributed by atoms with E-state index in [-0.39, 0.29) is 16.9 Å². The first-order valence-electron chi connectivity index (χ1n) is 6.46. The van der Waals surface area contributed by atoms with Gasteiger partial charge in [-0.2, -0.15) is 0 Å². The van der Waals surface area contributed by atoms with E-state index in [0.29, 0.717) is 24.3 Å². The van der Waals surface area contributed by atoms with E-state index in [1.54, 1.807) is 0 Å². The van der Waals surface area contributed by atoms with Gasteiger partial charge in [0.15, 0.2) is 0 Å². The van der Waals surface area contributed by atoms with Gasteiger partial charge in [0.25, 0.3) is 0 Å². The second-order valence-corrected chi connectivity index (χ2v) is 4.62. The molecule has 0 aliphatic carbocycles. The van der Waals surface area contributed by atoms with Gasteiger partial charge in [-0.15, -0.1) is 0 Å². The second kappa shape index (κ2) is 6.17. The summed E-state index contributed by atoms with van der Waals surface area (Å²) in [6.45, 7) is 1.76. The van der Waals surface area contributed by atoms with E-state index in [2.05, 4.69) is 0 Å². The molecular formula is C16H16O5. The maximum atomic E-state index is 11.1. The lowest BCUT2D eigenvalue weighted by atomic mass is 10.0. The Balaban J connectivity index is 2.15. The average molecular weight is 288 g/mol. The first kappa shape index (κ1) is 14.7. The number of carbonyl (C=O) groups is 1. The smallest absolute Gasteiger partial charge is 0.339 e. The first-order chi connectivity index (χ1) is 10.0. The Kier molecular flexibility index (Phi) is 4.33. The second-order valence-electron chi connectivity index (χ2n) is 4.62. The normalized spacial score (nSPS) is 10.3. The van der Waals surface area contributed by atoms with Crippen LogP contribution in [0.2, 0.25) is 0 Å². The van der Waals surface area contributed by atoms with Crippen molar-refractivity contribution in [3.8, 4) is 17.2 Å². The van der Waals surface area contributed by atoms with Crippen LogP contribution >= 0.6 is 0 Å². The molecule has 0 atom stereocenters. The summed E-state index contributed by atoms with van der Waals surface area (Å²) in [4.78, 5) is 11.1. The topological polar surface area (TPSA) is 87.0 Å². The largest absolute Gasteiger partial charge is 0.507 e. The summed E-state index contributed by atoms with van der Waals surface area (Å²) in [5.74, 6) is -1.05. The molecule has 5 heteroatoms. The quantitative estimate of drug-likeness (QED) is 0.787. The number of hydrogen-bond acceptors (Lipinski definition) is 4. The van der Waals surface area contributed by atoms with Crippen LogP contribution in [0, 0.1) is 6.92 Å². The van der Waals surface area contributed by atoms with Gasteiger partial charge < -0.3 is 20.1 Å². The summed E-state index contributed by atoms with van der Waals surface area (Å²) in [6.07, 6.45) is 0.335. The van der Waals surface area contributed by atoms with E-state index in [0.717, 1.165) is 0 Å². The highest BCUT2D eigenvalue weighted by atomic mass is 16.5. The van der Waals surface area contributed by atoms with Crippen LogP contribution in [0.4, 0.5) is 0 Å². The lowest BCUT2D eigenvalue weighted by Gasteiger charge is -2.12. The Morgan fingerprint density at radius 2 is 1.81 bits per heavy atom. The van der Waals surface area contributed by atoms with Crippen LogP contribution in [0.5, 0.6) is 17.2 Å². The molecule has 0 fully saturated rings. The molecule has 0 unspecified atom stereocenters. The number of aromatic carboxylic acids is 1. The van der Waals surface area contributed by atoms with Crippen LogP contribution in [-0.4, -0.2) is 27.9 Å². The number of carboxylic acids is 1. The molecule has 0 heterocycles. The van der Waals surface area contributed by atoms with Crippen molar-refractivity contribution in [1.82, 2.24) is 0 Å². The van der Waals surface area contributed by atoms with E-state index in [1.165, 1.54) is 13.0 Å². The molecular weight excluding hydrogens is 272 g/mol. The molecule has 2 rings (SSSR count). The van der Waals surface area contributed by atoms with E-state index in [1.807, 2.05) is 30.3 Å². The van der Waals surface area contributed by atoms with Crippen molar-refractivity contribution in [2.45, 2.75) is 13.3 Å². The average Bonchev–Trinajstić information content (AvgIpc) is 2.48. The monoisotopic (exact) mass is 288 g/mol. The number of phenols is 2. The van der Waals surface area contributed by atoms with Gasteiger partial charge in [0.1, 0.15) is 22.8 Å². The highest BCUT2D eigenvalue weighted by Crippen LogP contribution is 2.33. The van der Waals surface area contributed by atoms with Gasteiger partial charge in [-0.25, -0.2) is 4.79 Å². The van der Waals surface area contributed by atoms with Gasteiger partial charge in [0.2, 0.25) is 0 Å². The van der Waals surface area contributed by atoms with Gasteiger partial charge in [0, 0.05) is 12.0 Å². The molecule has 110 valence electrons. The Morgan fingerprint density at radius 3 is 2.43 bits per heavy atom. The van der Waals surface area contributed by atoms with Gasteiger partial charge in [-0.3, -0.25) is 0 Å². The number of phenolic OH excluding ortho intramolecular Hbond substituents is 1. The summed E-state index contributed by atoms with van der Waals surface area (Å²) < 4.78 is 5.51. The van der Waals surface area contributed by atoms with Crippen LogP contribution in [0.1, 0.15) is 21.5 Å². The van der Waals surface area contributed by atoms with Crippen molar-refractivity contribution in [3.63, 3.8) is 0 Å². The molecule has 5 nitrogen and oxygen atoms in total. The van der Waals surface area contributed by atoms with Crippen molar-refractivity contribution in [1.29, 1.82) is 0 Å². The summed E-state index contributed by atoms with van der Waals surface area (Å²) >= 11 is 0. The number of ether oxygens (including phenoxy) is 1. The number of benzene rings is 2. The summed E-state index contributed by atoms with van der Waals surface area (Å²) in [6, 6.07) is 10.5. The highest BCUT2D eigenvalue weighted by molar-refractivity contribution is 5.92. The van der Waals surface area contributed by atoms with E-state index >= 15 is 0 Å². The van der Waals surface area contributed by atoms with E-state index in [9.17, 15) is 15.0 Å². The molecule has 2 aromatic rings. The molecule has 0 aliphatic rings. The zero-order valence-electron chi connectivity index (χ0n) is 11.5. The minimum absolute atomic E-state index is 0.103. The predicted molar refractivity (Wildman–Crippen MR) is 77.1 cm³/mol. The van der Waals surface area contributed by atoms with Crippen molar-refractivity contribution < 1.29 is 24.9 Å². The van der Waals surface area contributed by atoms with Gasteiger partial charge >= 0.3 is 5.97 Å². The molecule has 0 saturated heterocycles. The molecule has 0 spiro atoms. The molecule has 0 saturated carbocycles. The summed E-state index contributed by atoms with van der Waals surface area (Å²) in [5.41, 5.74) is 0.364. The lowest BCUT2D eigenvalue weighted by molar-refractivity contribution is 0.0693. The SMILES string of the molecule is Cc1c(O)c(CCOc2ccccc2)cc(C(=O)O)c1O. The minimum Gasteiger partial charge on any atom is -0.507 e. The molecule has 2 aromatic carbocycles. The Morgan fingerprint density at radius 1 is 1.14 bits per heavy atom. The van der Waals surface area contributed by atoms with Gasteiger partial charge in [-0.05, 0) is 30.7 Å². The summed E-state index contributed by atoms with van der Waals surface area (Å²) in [5, 5.41) is 28.7. The molecule has 0 bridgehead atoms. The third-order valence-corrected chi connectivity index (χ3v) is 3.20. The third kappa shape index (κ3) is 3.25. The Labute approximate surface area is 122 Å². The van der Waals surface area contributed by atoms with E-state index < -0.39 is 11.7 Å². The third-order valence-electron chi connectivity index (χ3n) is 3.20. The summed E-state index contributed by atoms with van der Waals surface area (Å²) in [7, 11) is 0. The minimum atomic E-state index is -1.24. The Bertz CT molecular complexity index is 649. The van der Waals surface area contributed by atoms with Crippen LogP contribution in [0.3, 0.4) is 0 Å². The fourth-order valence-corrected chi connectivity index (χ4v) is 2.02. The predicted octanol–water partition coefficient (Wildman–Crippen LogP) is 2.73. The molecule has 3 N–H and O–H groups in total. The highest BCUT2D eigenvalue weighted by Gasteiger charge is 2.18. The molecule has 0 aromatic heterocycles. The maximum absolute atomic E-state index is 11.1. The fourth-order valence-electron chi connectivity index (χ4n) is 2.02. The number of rotatable bonds is 5. The molecule has 21 heavy (non-hydrogen) atoms. The fraction of sp³-hybridized carbons (Fsp3) is 0.188. The van der Waals surface area contributed by atoms with Crippen molar-refractivity contribution in [2.24, 2.45) is 0 Å². The number of para-hydroxylation sites is 1. The van der Waals surface area contributed by atoms with Crippen molar-refractivity contribution in [3.05, 3.63) is 53.1 Å². The molecule has 0 radical (unpaired) electrons. The first-order valence-corrected chi connectivity index (χ1v) is 6.46. The maximum Gasteiger partial charge on any atom is 0.339 e. The lowest BCUT2D eigenvalue weighted by Crippen LogP contribution is -2.05. The van der Waals surface area contributed by atoms with Crippen LogP contribution in [0.25, 0.3) is 0 Å². The number of hydrogen-bond donors (Lipinski definition) is 3. The van der Waals surface area contributed by atoms with Crippen molar-refractivity contribution in [2.75, 3.05) is 6.61 Å². The van der Waals surface area contributed by atoms with Crippen LogP contribution < -0.4 is 4.74 Å². The zero-order valence-corrected chi connectivity index (χ0v) is 11.5. The zero-order chi connectivity index (χ0) is 15.4. The van der Waals surface area contributed by atoms with Crippen LogP contribution in [0.15, 0.2) is 36.4 Å². The molecule has 0 amide bonds. The molecule has 0 aliphatic heterocycles. The Hall–Kier alpha value is -2.69. The van der Waals surface area contributed by atoms with Crippen molar-refractivity contribution >= 4 is 5.97 Å². The van der Waals surface area contributed by atoms with E-state index in [4.69, 9.17) is 9.84 Å².